The maximum absolute atomic E-state index is 12.7. The molecule has 1 heterocycles. The number of benzene rings is 2. The lowest BCUT2D eigenvalue weighted by atomic mass is 10.1. The summed E-state index contributed by atoms with van der Waals surface area (Å²) in [6.45, 7) is 1.63. The Bertz CT molecular complexity index is 1280. The van der Waals surface area contributed by atoms with E-state index in [0.29, 0.717) is 29.5 Å². The van der Waals surface area contributed by atoms with Crippen LogP contribution in [-0.4, -0.2) is 37.6 Å². The molecular weight excluding hydrogens is 404 g/mol. The number of hydrogen-bond donors (Lipinski definition) is 0. The highest BCUT2D eigenvalue weighted by Crippen LogP contribution is 2.23. The molecule has 2 aromatic carbocycles. The Morgan fingerprint density at radius 2 is 1.87 bits per heavy atom. The maximum atomic E-state index is 12.7. The summed E-state index contributed by atoms with van der Waals surface area (Å²) in [7, 11) is -3.48. The molecule has 154 valence electrons. The minimum atomic E-state index is -3.48. The van der Waals surface area contributed by atoms with E-state index >= 15 is 0 Å². The van der Waals surface area contributed by atoms with Crippen LogP contribution in [-0.2, 0) is 21.1 Å². The molecule has 0 fully saturated rings. The normalized spacial score (nSPS) is 11.2. The summed E-state index contributed by atoms with van der Waals surface area (Å²) >= 11 is 0. The Morgan fingerprint density at radius 1 is 1.13 bits per heavy atom. The monoisotopic (exact) mass is 424 g/mol. The van der Waals surface area contributed by atoms with E-state index in [2.05, 4.69) is 6.07 Å². The highest BCUT2D eigenvalue weighted by molar-refractivity contribution is 7.90. The fourth-order valence-corrected chi connectivity index (χ4v) is 3.81. The van der Waals surface area contributed by atoms with Crippen molar-refractivity contribution in [1.82, 2.24) is 4.57 Å². The van der Waals surface area contributed by atoms with Crippen LogP contribution in [0.25, 0.3) is 10.9 Å². The number of Topliss-reactive ketones (excluding diaryl/α,β-unsaturated/α-hetero) is 1. The summed E-state index contributed by atoms with van der Waals surface area (Å²) in [5.74, 6) is -1.15. The standard InChI is InChI=1S/C22H20N2O5S/c1-15-8-9-16(30(2,27)28)12-18(15)22(26)29-14-21(25)19-13-24(11-5-10-23)20-7-4-3-6-17(19)20/h3-4,6-9,12-13H,5,11,14H2,1-2H3. The Hall–Kier alpha value is -3.44. The molecule has 0 atom stereocenters. The Balaban J connectivity index is 1.81. The van der Waals surface area contributed by atoms with E-state index in [1.54, 1.807) is 25.3 Å². The van der Waals surface area contributed by atoms with Gasteiger partial charge in [0.1, 0.15) is 0 Å². The van der Waals surface area contributed by atoms with Gasteiger partial charge >= 0.3 is 5.97 Å². The van der Waals surface area contributed by atoms with Crippen molar-refractivity contribution in [1.29, 1.82) is 5.26 Å². The quantitative estimate of drug-likeness (QED) is 0.425. The number of para-hydroxylation sites is 1. The lowest BCUT2D eigenvalue weighted by molar-refractivity contribution is 0.0474. The molecule has 1 aromatic heterocycles. The topological polar surface area (TPSA) is 106 Å². The molecule has 0 radical (unpaired) electrons. The third-order valence-corrected chi connectivity index (χ3v) is 5.86. The van der Waals surface area contributed by atoms with Crippen LogP contribution in [0.3, 0.4) is 0 Å². The average Bonchev–Trinajstić information content (AvgIpc) is 3.08. The van der Waals surface area contributed by atoms with Crippen LogP contribution in [0.4, 0.5) is 0 Å². The number of ketones is 1. The predicted molar refractivity (Wildman–Crippen MR) is 111 cm³/mol. The largest absolute Gasteiger partial charge is 0.454 e. The summed E-state index contributed by atoms with van der Waals surface area (Å²) in [6.07, 6.45) is 3.02. The molecule has 0 N–H and O–H groups in total. The minimum Gasteiger partial charge on any atom is -0.454 e. The molecule has 7 nitrogen and oxygen atoms in total. The van der Waals surface area contributed by atoms with Gasteiger partial charge in [-0.15, -0.1) is 0 Å². The minimum absolute atomic E-state index is 0.00643. The Morgan fingerprint density at radius 3 is 2.57 bits per heavy atom. The van der Waals surface area contributed by atoms with Gasteiger partial charge in [-0.2, -0.15) is 5.26 Å². The van der Waals surface area contributed by atoms with Crippen molar-refractivity contribution >= 4 is 32.5 Å². The molecule has 0 saturated heterocycles. The van der Waals surface area contributed by atoms with Gasteiger partial charge in [-0.3, -0.25) is 4.79 Å². The first-order valence-electron chi connectivity index (χ1n) is 9.18. The number of carbonyl (C=O) groups excluding carboxylic acids is 2. The van der Waals surface area contributed by atoms with Crippen LogP contribution in [0, 0.1) is 18.3 Å². The molecule has 0 bridgehead atoms. The van der Waals surface area contributed by atoms with E-state index in [9.17, 15) is 18.0 Å². The van der Waals surface area contributed by atoms with Crippen LogP contribution in [0.2, 0.25) is 0 Å². The van der Waals surface area contributed by atoms with Crippen molar-refractivity contribution in [2.75, 3.05) is 12.9 Å². The van der Waals surface area contributed by atoms with Crippen molar-refractivity contribution in [3.63, 3.8) is 0 Å². The van der Waals surface area contributed by atoms with Gasteiger partial charge in [-0.05, 0) is 30.7 Å². The van der Waals surface area contributed by atoms with Gasteiger partial charge in [0, 0.05) is 35.5 Å². The van der Waals surface area contributed by atoms with Gasteiger partial charge in [-0.25, -0.2) is 13.2 Å². The van der Waals surface area contributed by atoms with Crippen LogP contribution >= 0.6 is 0 Å². The van der Waals surface area contributed by atoms with Gasteiger partial charge in [0.2, 0.25) is 5.78 Å². The number of ether oxygens (including phenoxy) is 1. The lowest BCUT2D eigenvalue weighted by Crippen LogP contribution is -2.15. The first-order valence-corrected chi connectivity index (χ1v) is 11.1. The van der Waals surface area contributed by atoms with Gasteiger partial charge in [0.25, 0.3) is 0 Å². The third kappa shape index (κ3) is 4.42. The summed E-state index contributed by atoms with van der Waals surface area (Å²) in [5.41, 5.74) is 1.87. The molecule has 3 aromatic rings. The number of nitriles is 1. The second-order valence-electron chi connectivity index (χ2n) is 6.91. The SMILES string of the molecule is Cc1ccc(S(C)(=O)=O)cc1C(=O)OCC(=O)c1cn(CCC#N)c2ccccc12. The van der Waals surface area contributed by atoms with Crippen LogP contribution in [0.1, 0.15) is 32.7 Å². The number of nitrogens with zero attached hydrogens (tertiary/aromatic N) is 2. The van der Waals surface area contributed by atoms with Gasteiger partial charge in [0.05, 0.1) is 22.9 Å². The first kappa shape index (κ1) is 21.3. The van der Waals surface area contributed by atoms with Crippen molar-refractivity contribution in [2.45, 2.75) is 24.8 Å². The lowest BCUT2D eigenvalue weighted by Gasteiger charge is -2.08. The molecule has 0 amide bonds. The second-order valence-corrected chi connectivity index (χ2v) is 8.93. The van der Waals surface area contributed by atoms with Crippen molar-refractivity contribution in [3.05, 3.63) is 65.4 Å². The fraction of sp³-hybridized carbons (Fsp3) is 0.227. The molecule has 0 saturated carbocycles. The zero-order valence-corrected chi connectivity index (χ0v) is 17.4. The molecule has 30 heavy (non-hydrogen) atoms. The average molecular weight is 424 g/mol. The smallest absolute Gasteiger partial charge is 0.338 e. The highest BCUT2D eigenvalue weighted by atomic mass is 32.2. The first-order chi connectivity index (χ1) is 14.2. The zero-order valence-electron chi connectivity index (χ0n) is 16.6. The molecule has 0 aliphatic rings. The van der Waals surface area contributed by atoms with E-state index in [1.807, 2.05) is 16.7 Å². The zero-order chi connectivity index (χ0) is 21.9. The fourth-order valence-electron chi connectivity index (χ4n) is 3.16. The molecule has 0 unspecified atom stereocenters. The van der Waals surface area contributed by atoms with Crippen LogP contribution in [0.5, 0.6) is 0 Å². The number of aromatic nitrogens is 1. The number of carbonyl (C=O) groups is 2. The van der Waals surface area contributed by atoms with Gasteiger partial charge in [0.15, 0.2) is 16.4 Å². The van der Waals surface area contributed by atoms with E-state index < -0.39 is 22.4 Å². The second kappa shape index (κ2) is 8.51. The van der Waals surface area contributed by atoms with Crippen LogP contribution in [0.15, 0.2) is 53.6 Å². The molecule has 0 aliphatic heterocycles. The molecule has 0 spiro atoms. The summed E-state index contributed by atoms with van der Waals surface area (Å²) in [4.78, 5) is 25.2. The number of rotatable bonds is 7. The van der Waals surface area contributed by atoms with Crippen molar-refractivity contribution in [2.24, 2.45) is 0 Å². The number of fused-ring (bicyclic) bond motifs is 1. The highest BCUT2D eigenvalue weighted by Gasteiger charge is 2.19. The van der Waals surface area contributed by atoms with Gasteiger partial charge in [-0.1, -0.05) is 24.3 Å². The predicted octanol–water partition coefficient (Wildman–Crippen LogP) is 3.31. The summed E-state index contributed by atoms with van der Waals surface area (Å²) in [5, 5.41) is 9.55. The third-order valence-electron chi connectivity index (χ3n) is 4.74. The van der Waals surface area contributed by atoms with E-state index in [0.717, 1.165) is 11.8 Å². The Kier molecular flexibility index (Phi) is 6.04. The maximum Gasteiger partial charge on any atom is 0.338 e. The van der Waals surface area contributed by atoms with E-state index in [1.165, 1.54) is 18.2 Å². The van der Waals surface area contributed by atoms with E-state index in [4.69, 9.17) is 10.00 Å². The molecule has 0 aliphatic carbocycles. The van der Waals surface area contributed by atoms with E-state index in [-0.39, 0.29) is 16.2 Å². The van der Waals surface area contributed by atoms with Crippen molar-refractivity contribution < 1.29 is 22.7 Å². The molecule has 3 rings (SSSR count). The summed E-state index contributed by atoms with van der Waals surface area (Å²) in [6, 6.07) is 13.6. The number of esters is 1. The Labute approximate surface area is 174 Å². The van der Waals surface area contributed by atoms with Crippen LogP contribution < -0.4 is 0 Å². The van der Waals surface area contributed by atoms with Gasteiger partial charge < -0.3 is 9.30 Å². The number of hydrogen-bond acceptors (Lipinski definition) is 6. The number of sulfone groups is 1. The molecular formula is C22H20N2O5S. The summed E-state index contributed by atoms with van der Waals surface area (Å²) < 4.78 is 30.5. The number of aryl methyl sites for hydroxylation is 2. The molecule has 8 heteroatoms. The van der Waals surface area contributed by atoms with Crippen molar-refractivity contribution in [3.8, 4) is 6.07 Å².